The van der Waals surface area contributed by atoms with E-state index in [1.165, 1.54) is 6.33 Å². The van der Waals surface area contributed by atoms with Gasteiger partial charge in [-0.2, -0.15) is 0 Å². The van der Waals surface area contributed by atoms with Crippen LogP contribution in [0.5, 0.6) is 0 Å². The molecule has 1 fully saturated rings. The summed E-state index contributed by atoms with van der Waals surface area (Å²) < 4.78 is 13.9. The van der Waals surface area contributed by atoms with Crippen molar-refractivity contribution in [3.8, 4) is 11.8 Å². The van der Waals surface area contributed by atoms with Gasteiger partial charge in [-0.1, -0.05) is 25.7 Å². The molecule has 0 spiro atoms. The van der Waals surface area contributed by atoms with E-state index < -0.39 is 5.41 Å². The van der Waals surface area contributed by atoms with Crippen LogP contribution in [-0.2, 0) is 14.3 Å². The monoisotopic (exact) mass is 384 g/mol. The number of hydrogen-bond donors (Lipinski definition) is 1. The van der Waals surface area contributed by atoms with Gasteiger partial charge in [0, 0.05) is 19.0 Å². The van der Waals surface area contributed by atoms with E-state index in [1.807, 2.05) is 45.4 Å². The Balaban J connectivity index is 1.95. The zero-order valence-electron chi connectivity index (χ0n) is 17.2. The summed E-state index contributed by atoms with van der Waals surface area (Å²) in [5.41, 5.74) is 6.99. The molecule has 0 amide bonds. The molecule has 0 unspecified atom stereocenters. The first-order valence-electron chi connectivity index (χ1n) is 9.72. The fourth-order valence-electron chi connectivity index (χ4n) is 3.28. The number of aromatic nitrogens is 3. The van der Waals surface area contributed by atoms with Crippen LogP contribution in [0.2, 0.25) is 0 Å². The van der Waals surface area contributed by atoms with Gasteiger partial charge in [-0.05, 0) is 27.2 Å². The van der Waals surface area contributed by atoms with E-state index >= 15 is 0 Å². The third-order valence-corrected chi connectivity index (χ3v) is 4.80. The van der Waals surface area contributed by atoms with Crippen molar-refractivity contribution in [2.24, 2.45) is 5.41 Å². The minimum atomic E-state index is -0.554. The molecule has 0 bridgehead atoms. The van der Waals surface area contributed by atoms with Crippen LogP contribution in [0, 0.1) is 17.3 Å². The van der Waals surface area contributed by atoms with Gasteiger partial charge in [-0.3, -0.25) is 4.79 Å². The summed E-state index contributed by atoms with van der Waals surface area (Å²) in [7, 11) is 0. The van der Waals surface area contributed by atoms with E-state index in [9.17, 15) is 4.79 Å². The molecule has 3 heterocycles. The molecule has 1 aliphatic rings. The van der Waals surface area contributed by atoms with Crippen molar-refractivity contribution in [1.82, 2.24) is 14.5 Å². The van der Waals surface area contributed by atoms with Crippen LogP contribution in [0.25, 0.3) is 11.0 Å². The van der Waals surface area contributed by atoms with Crippen LogP contribution < -0.4 is 5.73 Å². The number of hydrogen-bond acceptors (Lipinski definition) is 6. The topological polar surface area (TPSA) is 92.3 Å². The quantitative estimate of drug-likeness (QED) is 0.644. The fourth-order valence-corrected chi connectivity index (χ4v) is 3.28. The second kappa shape index (κ2) is 7.80. The summed E-state index contributed by atoms with van der Waals surface area (Å²) in [4.78, 5) is 20.9. The van der Waals surface area contributed by atoms with Crippen molar-refractivity contribution in [2.45, 2.75) is 72.3 Å². The maximum Gasteiger partial charge on any atom is 0.311 e. The highest BCUT2D eigenvalue weighted by atomic mass is 16.6. The van der Waals surface area contributed by atoms with E-state index in [0.717, 1.165) is 23.8 Å². The first-order valence-corrected chi connectivity index (χ1v) is 9.72. The molecule has 0 radical (unpaired) electrons. The lowest BCUT2D eigenvalue weighted by Crippen LogP contribution is -2.32. The Morgan fingerprint density at radius 3 is 2.79 bits per heavy atom. The smallest absolute Gasteiger partial charge is 0.311 e. The molecular weight excluding hydrogens is 356 g/mol. The Kier molecular flexibility index (Phi) is 5.61. The number of anilines is 1. The predicted molar refractivity (Wildman–Crippen MR) is 107 cm³/mol. The molecule has 7 heteroatoms. The van der Waals surface area contributed by atoms with Crippen molar-refractivity contribution >= 4 is 22.8 Å². The summed E-state index contributed by atoms with van der Waals surface area (Å²) in [6, 6.07) is 0. The lowest BCUT2D eigenvalue weighted by atomic mass is 9.97. The number of ether oxygens (including phenoxy) is 2. The minimum Gasteiger partial charge on any atom is -0.459 e. The number of esters is 1. The lowest BCUT2D eigenvalue weighted by molar-refractivity contribution is -0.161. The molecule has 0 aromatic carbocycles. The molecule has 2 aromatic rings. The summed E-state index contributed by atoms with van der Waals surface area (Å²) in [5.74, 6) is 6.38. The predicted octanol–water partition coefficient (Wildman–Crippen LogP) is 3.43. The first kappa shape index (κ1) is 20.2. The van der Waals surface area contributed by atoms with Crippen LogP contribution in [0.4, 0.5) is 5.82 Å². The Hall–Kier alpha value is -2.59. The number of nitrogen functional groups attached to an aromatic ring is 1. The Morgan fingerprint density at radius 1 is 1.39 bits per heavy atom. The first-order chi connectivity index (χ1) is 13.3. The maximum atomic E-state index is 12.4. The van der Waals surface area contributed by atoms with Crippen molar-refractivity contribution in [3.05, 3.63) is 18.1 Å². The van der Waals surface area contributed by atoms with E-state index in [4.69, 9.17) is 15.2 Å². The van der Waals surface area contributed by atoms with Crippen molar-refractivity contribution in [2.75, 3.05) is 5.73 Å². The van der Waals surface area contributed by atoms with Gasteiger partial charge in [0.25, 0.3) is 0 Å². The number of nitrogens with two attached hydrogens (primary N) is 1. The van der Waals surface area contributed by atoms with Gasteiger partial charge in [0.05, 0.1) is 22.5 Å². The molecule has 2 aromatic heterocycles. The van der Waals surface area contributed by atoms with E-state index in [-0.39, 0.29) is 24.4 Å². The molecule has 3 atom stereocenters. The Morgan fingerprint density at radius 2 is 2.14 bits per heavy atom. The minimum absolute atomic E-state index is 0.168. The van der Waals surface area contributed by atoms with Crippen LogP contribution in [0.3, 0.4) is 0 Å². The Bertz CT molecular complexity index is 933. The summed E-state index contributed by atoms with van der Waals surface area (Å²) in [6.07, 6.45) is 4.60. The van der Waals surface area contributed by atoms with Gasteiger partial charge < -0.3 is 19.8 Å². The number of nitrogens with zero attached hydrogens (tertiary/aromatic N) is 3. The number of carbonyl (C=O) groups is 1. The van der Waals surface area contributed by atoms with Gasteiger partial charge in [0.2, 0.25) is 0 Å². The SMILES string of the molecule is CCC#Cc1cn([C@H]2C[C@H](OC(=O)C(C)(C)C)[C@@H](CC)O2)c2ncnc(N)c12. The van der Waals surface area contributed by atoms with Crippen molar-refractivity contribution in [3.63, 3.8) is 0 Å². The molecule has 150 valence electrons. The van der Waals surface area contributed by atoms with Crippen molar-refractivity contribution in [1.29, 1.82) is 0 Å². The molecule has 0 saturated carbocycles. The average molecular weight is 384 g/mol. The van der Waals surface area contributed by atoms with Crippen molar-refractivity contribution < 1.29 is 14.3 Å². The molecule has 2 N–H and O–H groups in total. The van der Waals surface area contributed by atoms with Crippen LogP contribution in [0.15, 0.2) is 12.5 Å². The number of rotatable bonds is 3. The van der Waals surface area contributed by atoms with Crippen LogP contribution in [-0.4, -0.2) is 32.7 Å². The highest BCUT2D eigenvalue weighted by Crippen LogP contribution is 2.37. The second-order valence-corrected chi connectivity index (χ2v) is 8.03. The van der Waals surface area contributed by atoms with E-state index in [1.54, 1.807) is 0 Å². The summed E-state index contributed by atoms with van der Waals surface area (Å²) in [6.45, 7) is 9.56. The fraction of sp³-hybridized carbons (Fsp3) is 0.571. The van der Waals surface area contributed by atoms with E-state index in [0.29, 0.717) is 17.9 Å². The molecule has 28 heavy (non-hydrogen) atoms. The summed E-state index contributed by atoms with van der Waals surface area (Å²) >= 11 is 0. The second-order valence-electron chi connectivity index (χ2n) is 8.03. The molecule has 3 rings (SSSR count). The number of fused-ring (bicyclic) bond motifs is 1. The van der Waals surface area contributed by atoms with Crippen LogP contribution in [0.1, 0.15) is 65.7 Å². The molecule has 0 aliphatic carbocycles. The maximum absolute atomic E-state index is 12.4. The van der Waals surface area contributed by atoms with E-state index in [2.05, 4.69) is 21.8 Å². The zero-order valence-corrected chi connectivity index (χ0v) is 17.2. The van der Waals surface area contributed by atoms with Crippen LogP contribution >= 0.6 is 0 Å². The largest absolute Gasteiger partial charge is 0.459 e. The molecule has 7 nitrogen and oxygen atoms in total. The Labute approximate surface area is 165 Å². The third-order valence-electron chi connectivity index (χ3n) is 4.80. The standard InChI is InChI=1S/C21H28N4O3/c1-6-8-9-13-11-25(19-17(13)18(22)23-12-24-19)16-10-15(14(7-2)27-16)28-20(26)21(3,4)5/h11-12,14-16H,6-7,10H2,1-5H3,(H2,22,23,24)/t14-,15+,16-/m1/s1. The highest BCUT2D eigenvalue weighted by Gasteiger charge is 2.40. The summed E-state index contributed by atoms with van der Waals surface area (Å²) in [5, 5.41) is 0.732. The lowest BCUT2D eigenvalue weighted by Gasteiger charge is -2.22. The number of carbonyl (C=O) groups excluding carboxylic acids is 1. The third kappa shape index (κ3) is 3.83. The molecule has 1 aliphatic heterocycles. The zero-order chi connectivity index (χ0) is 20.5. The van der Waals surface area contributed by atoms with Gasteiger partial charge >= 0.3 is 5.97 Å². The van der Waals surface area contributed by atoms with Gasteiger partial charge in [-0.15, -0.1) is 0 Å². The van der Waals surface area contributed by atoms with Gasteiger partial charge in [0.15, 0.2) is 0 Å². The average Bonchev–Trinajstić information content (AvgIpc) is 3.21. The highest BCUT2D eigenvalue weighted by molar-refractivity contribution is 5.92. The molecular formula is C21H28N4O3. The normalized spacial score (nSPS) is 22.1. The molecule has 1 saturated heterocycles. The van der Waals surface area contributed by atoms with Gasteiger partial charge in [-0.25, -0.2) is 9.97 Å². The van der Waals surface area contributed by atoms with Gasteiger partial charge in [0.1, 0.15) is 30.1 Å².